The van der Waals surface area contributed by atoms with Gasteiger partial charge in [0.15, 0.2) is 0 Å². The normalized spacial score (nSPS) is 24.1. The molecule has 0 aliphatic heterocycles. The quantitative estimate of drug-likeness (QED) is 0.453. The molecule has 92 valence electrons. The fraction of sp³-hybridized carbons (Fsp3) is 0.800. The number of carbonyl (C=O) groups excluding carboxylic acids is 2. The third-order valence-corrected chi connectivity index (χ3v) is 2.81. The summed E-state index contributed by atoms with van der Waals surface area (Å²) >= 11 is 0. The van der Waals surface area contributed by atoms with Crippen molar-refractivity contribution in [3.8, 4) is 0 Å². The molecule has 0 aromatic heterocycles. The van der Waals surface area contributed by atoms with Crippen molar-refractivity contribution in [2.45, 2.75) is 25.4 Å². The largest absolute Gasteiger partial charge is 0.393 e. The van der Waals surface area contributed by atoms with Gasteiger partial charge in [0.05, 0.1) is 19.2 Å². The monoisotopic (exact) mass is 229 g/mol. The second kappa shape index (κ2) is 6.44. The molecule has 5 N–H and O–H groups in total. The second-order valence-electron chi connectivity index (χ2n) is 4.04. The van der Waals surface area contributed by atoms with E-state index in [1.54, 1.807) is 0 Å². The van der Waals surface area contributed by atoms with E-state index in [1.165, 1.54) is 0 Å². The highest BCUT2D eigenvalue weighted by Crippen LogP contribution is 2.24. The maximum atomic E-state index is 11.3. The first-order chi connectivity index (χ1) is 7.63. The van der Waals surface area contributed by atoms with Crippen molar-refractivity contribution >= 4 is 11.8 Å². The van der Waals surface area contributed by atoms with Gasteiger partial charge in [0, 0.05) is 12.5 Å². The molecule has 2 amide bonds. The van der Waals surface area contributed by atoms with E-state index in [-0.39, 0.29) is 36.9 Å². The highest BCUT2D eigenvalue weighted by Gasteiger charge is 2.25. The van der Waals surface area contributed by atoms with Crippen LogP contribution in [0.5, 0.6) is 0 Å². The molecule has 0 spiro atoms. The van der Waals surface area contributed by atoms with Crippen LogP contribution in [0, 0.1) is 5.92 Å². The van der Waals surface area contributed by atoms with E-state index in [0.717, 1.165) is 19.3 Å². The Hall–Kier alpha value is -1.14. The van der Waals surface area contributed by atoms with E-state index in [4.69, 9.17) is 5.73 Å². The summed E-state index contributed by atoms with van der Waals surface area (Å²) in [7, 11) is 0. The van der Waals surface area contributed by atoms with Crippen LogP contribution in [0.4, 0.5) is 0 Å². The lowest BCUT2D eigenvalue weighted by atomic mass is 10.1. The van der Waals surface area contributed by atoms with Gasteiger partial charge >= 0.3 is 0 Å². The smallest absolute Gasteiger partial charge is 0.239 e. The summed E-state index contributed by atoms with van der Waals surface area (Å²) in [6.45, 7) is 0.298. The first-order valence-corrected chi connectivity index (χ1v) is 5.55. The molecule has 0 saturated heterocycles. The van der Waals surface area contributed by atoms with E-state index in [0.29, 0.717) is 6.54 Å². The Labute approximate surface area is 94.6 Å². The highest BCUT2D eigenvalue weighted by atomic mass is 16.3. The number of aliphatic hydroxyl groups excluding tert-OH is 1. The maximum absolute atomic E-state index is 11.3. The topological polar surface area (TPSA) is 104 Å². The first kappa shape index (κ1) is 12.9. The van der Waals surface area contributed by atoms with Crippen LogP contribution < -0.4 is 16.4 Å². The number of amides is 2. The third-order valence-electron chi connectivity index (χ3n) is 2.81. The van der Waals surface area contributed by atoms with E-state index < -0.39 is 0 Å². The third kappa shape index (κ3) is 4.16. The molecule has 1 saturated carbocycles. The van der Waals surface area contributed by atoms with Crippen molar-refractivity contribution in [3.05, 3.63) is 0 Å². The lowest BCUT2D eigenvalue weighted by Gasteiger charge is -2.15. The second-order valence-corrected chi connectivity index (χ2v) is 4.04. The number of hydrogen-bond acceptors (Lipinski definition) is 4. The molecule has 0 radical (unpaired) electrons. The Morgan fingerprint density at radius 2 is 2.00 bits per heavy atom. The molecule has 6 heteroatoms. The Kier molecular flexibility index (Phi) is 5.21. The molecule has 0 bridgehead atoms. The Morgan fingerprint density at radius 1 is 1.25 bits per heavy atom. The lowest BCUT2D eigenvalue weighted by molar-refractivity contribution is -0.125. The number of rotatable bonds is 5. The molecule has 0 aromatic rings. The van der Waals surface area contributed by atoms with Crippen molar-refractivity contribution in [1.29, 1.82) is 0 Å². The van der Waals surface area contributed by atoms with Crippen molar-refractivity contribution < 1.29 is 14.7 Å². The first-order valence-electron chi connectivity index (χ1n) is 5.55. The summed E-state index contributed by atoms with van der Waals surface area (Å²) in [6.07, 6.45) is 2.45. The van der Waals surface area contributed by atoms with Crippen LogP contribution in [0.1, 0.15) is 19.3 Å². The zero-order chi connectivity index (χ0) is 12.0. The molecule has 2 atom stereocenters. The Balaban J connectivity index is 2.12. The number of carbonyl (C=O) groups is 2. The van der Waals surface area contributed by atoms with Crippen LogP contribution in [0.2, 0.25) is 0 Å². The number of hydrogen-bond donors (Lipinski definition) is 4. The summed E-state index contributed by atoms with van der Waals surface area (Å²) in [5.74, 6) is -0.453. The van der Waals surface area contributed by atoms with Gasteiger partial charge in [-0.3, -0.25) is 9.59 Å². The molecule has 1 aliphatic carbocycles. The van der Waals surface area contributed by atoms with Gasteiger partial charge in [-0.1, -0.05) is 6.42 Å². The average molecular weight is 229 g/mol. The van der Waals surface area contributed by atoms with Gasteiger partial charge in [-0.25, -0.2) is 0 Å². The minimum absolute atomic E-state index is 0.0567. The predicted octanol–water partition coefficient (Wildman–Crippen LogP) is -1.66. The van der Waals surface area contributed by atoms with Gasteiger partial charge in [-0.2, -0.15) is 0 Å². The van der Waals surface area contributed by atoms with Crippen LogP contribution in [0.3, 0.4) is 0 Å². The minimum Gasteiger partial charge on any atom is -0.393 e. The predicted molar refractivity (Wildman–Crippen MR) is 58.4 cm³/mol. The lowest BCUT2D eigenvalue weighted by Crippen LogP contribution is -2.41. The van der Waals surface area contributed by atoms with Crippen molar-refractivity contribution in [3.63, 3.8) is 0 Å². The van der Waals surface area contributed by atoms with E-state index in [9.17, 15) is 14.7 Å². The number of nitrogens with two attached hydrogens (primary N) is 1. The minimum atomic E-state index is -0.351. The molecular weight excluding hydrogens is 210 g/mol. The SMILES string of the molecule is NCC(=O)NCC(=O)NCC1CCCC1O. The Bertz CT molecular complexity index is 258. The van der Waals surface area contributed by atoms with Gasteiger partial charge in [-0.15, -0.1) is 0 Å². The summed E-state index contributed by atoms with van der Waals surface area (Å²) < 4.78 is 0. The van der Waals surface area contributed by atoms with Gasteiger partial charge in [-0.05, 0) is 12.8 Å². The van der Waals surface area contributed by atoms with Crippen LogP contribution in [0.25, 0.3) is 0 Å². The molecule has 1 aliphatic rings. The average Bonchev–Trinajstić information content (AvgIpc) is 2.69. The standard InChI is InChI=1S/C10H19N3O3/c11-4-9(15)13-6-10(16)12-5-7-2-1-3-8(7)14/h7-8,14H,1-6,11H2,(H,12,16)(H,13,15). The Morgan fingerprint density at radius 3 is 2.56 bits per heavy atom. The molecule has 6 nitrogen and oxygen atoms in total. The van der Waals surface area contributed by atoms with Crippen LogP contribution in [0.15, 0.2) is 0 Å². The highest BCUT2D eigenvalue weighted by molar-refractivity contribution is 5.85. The molecule has 0 aromatic carbocycles. The summed E-state index contributed by atoms with van der Waals surface area (Å²) in [5, 5.41) is 14.6. The maximum Gasteiger partial charge on any atom is 0.239 e. The van der Waals surface area contributed by atoms with Crippen LogP contribution in [-0.2, 0) is 9.59 Å². The molecule has 0 heterocycles. The van der Waals surface area contributed by atoms with Gasteiger partial charge in [0.2, 0.25) is 11.8 Å². The van der Waals surface area contributed by atoms with E-state index in [1.807, 2.05) is 0 Å². The van der Waals surface area contributed by atoms with E-state index in [2.05, 4.69) is 10.6 Å². The molecule has 16 heavy (non-hydrogen) atoms. The van der Waals surface area contributed by atoms with Gasteiger partial charge in [0.1, 0.15) is 0 Å². The van der Waals surface area contributed by atoms with E-state index >= 15 is 0 Å². The number of aliphatic hydroxyl groups is 1. The molecule has 1 rings (SSSR count). The van der Waals surface area contributed by atoms with Crippen LogP contribution in [-0.4, -0.2) is 42.7 Å². The fourth-order valence-corrected chi connectivity index (χ4v) is 1.81. The van der Waals surface area contributed by atoms with Gasteiger partial charge in [0.25, 0.3) is 0 Å². The summed E-state index contributed by atoms with van der Waals surface area (Å²) in [5.41, 5.74) is 5.07. The molecular formula is C10H19N3O3. The van der Waals surface area contributed by atoms with Crippen molar-refractivity contribution in [2.75, 3.05) is 19.6 Å². The van der Waals surface area contributed by atoms with Crippen molar-refractivity contribution in [1.82, 2.24) is 10.6 Å². The zero-order valence-corrected chi connectivity index (χ0v) is 9.24. The van der Waals surface area contributed by atoms with Crippen LogP contribution >= 0.6 is 0 Å². The molecule has 2 unspecified atom stereocenters. The van der Waals surface area contributed by atoms with Gasteiger partial charge < -0.3 is 21.5 Å². The summed E-state index contributed by atoms with van der Waals surface area (Å²) in [6, 6.07) is 0. The summed E-state index contributed by atoms with van der Waals surface area (Å²) in [4.78, 5) is 22.1. The number of nitrogens with one attached hydrogen (secondary N) is 2. The fourth-order valence-electron chi connectivity index (χ4n) is 1.81. The zero-order valence-electron chi connectivity index (χ0n) is 9.24. The van der Waals surface area contributed by atoms with Crippen molar-refractivity contribution in [2.24, 2.45) is 11.7 Å². The molecule has 1 fully saturated rings.